The quantitative estimate of drug-likeness (QED) is 0.606. The van der Waals surface area contributed by atoms with Crippen LogP contribution in [0.1, 0.15) is 18.4 Å². The van der Waals surface area contributed by atoms with Crippen molar-refractivity contribution in [2.75, 3.05) is 37.7 Å². The van der Waals surface area contributed by atoms with Gasteiger partial charge in [-0.25, -0.2) is 0 Å². The normalized spacial score (nSPS) is 14.9. The second-order valence-electron chi connectivity index (χ2n) is 7.22. The van der Waals surface area contributed by atoms with E-state index in [0.29, 0.717) is 23.8 Å². The molecule has 0 aliphatic carbocycles. The zero-order valence-corrected chi connectivity index (χ0v) is 17.5. The van der Waals surface area contributed by atoms with Crippen LogP contribution in [0, 0.1) is 4.84 Å². The highest BCUT2D eigenvalue weighted by molar-refractivity contribution is 7.71. The largest absolute Gasteiger partial charge is 0.492 e. The van der Waals surface area contributed by atoms with Gasteiger partial charge in [0.2, 0.25) is 5.89 Å². The summed E-state index contributed by atoms with van der Waals surface area (Å²) in [6.07, 6.45) is 0.662. The van der Waals surface area contributed by atoms with Crippen LogP contribution in [-0.2, 0) is 13.1 Å². The Bertz CT molecular complexity index is 978. The molecule has 152 valence electrons. The Labute approximate surface area is 176 Å². The van der Waals surface area contributed by atoms with Crippen molar-refractivity contribution in [1.29, 1.82) is 0 Å². The van der Waals surface area contributed by atoms with Crippen molar-refractivity contribution in [3.05, 3.63) is 70.9 Å². The maximum Gasteiger partial charge on any atom is 0.291 e. The number of rotatable bonds is 7. The number of hydrogen-bond acceptors (Lipinski definition) is 5. The van der Waals surface area contributed by atoms with Gasteiger partial charge in [0.1, 0.15) is 5.75 Å². The number of quaternary nitrogens is 1. The highest BCUT2D eigenvalue weighted by Gasteiger charge is 2.23. The van der Waals surface area contributed by atoms with Crippen LogP contribution in [0.15, 0.2) is 59.0 Å². The lowest BCUT2D eigenvalue weighted by Crippen LogP contribution is -3.14. The Balaban J connectivity index is 1.36. The van der Waals surface area contributed by atoms with Crippen molar-refractivity contribution in [3.63, 3.8) is 0 Å². The third-order valence-electron chi connectivity index (χ3n) is 5.20. The van der Waals surface area contributed by atoms with E-state index in [1.165, 1.54) is 16.2 Å². The zero-order valence-electron chi connectivity index (χ0n) is 16.7. The van der Waals surface area contributed by atoms with Gasteiger partial charge in [-0.2, -0.15) is 4.68 Å². The third-order valence-corrected chi connectivity index (χ3v) is 5.49. The second-order valence-corrected chi connectivity index (χ2v) is 7.57. The minimum absolute atomic E-state index is 0.451. The first-order chi connectivity index (χ1) is 14.2. The van der Waals surface area contributed by atoms with Gasteiger partial charge in [0.05, 0.1) is 44.9 Å². The van der Waals surface area contributed by atoms with Crippen molar-refractivity contribution in [3.8, 4) is 5.75 Å². The molecule has 0 bridgehead atoms. The maximum atomic E-state index is 5.79. The minimum Gasteiger partial charge on any atom is -0.492 e. The average molecular weight is 412 g/mol. The fraction of sp³-hybridized carbons (Fsp3) is 0.364. The van der Waals surface area contributed by atoms with E-state index in [0.717, 1.165) is 38.6 Å². The van der Waals surface area contributed by atoms with Crippen molar-refractivity contribution in [2.24, 2.45) is 0 Å². The molecule has 1 N–H and O–H groups in total. The van der Waals surface area contributed by atoms with Crippen molar-refractivity contribution < 1.29 is 14.1 Å². The second kappa shape index (κ2) is 9.24. The van der Waals surface area contributed by atoms with Crippen LogP contribution in [0.5, 0.6) is 5.75 Å². The summed E-state index contributed by atoms with van der Waals surface area (Å²) in [5.41, 5.74) is 2.35. The molecule has 4 rings (SSSR count). The van der Waals surface area contributed by atoms with E-state index in [2.05, 4.69) is 34.3 Å². The molecule has 0 radical (unpaired) electrons. The summed E-state index contributed by atoms with van der Waals surface area (Å²) < 4.78 is 13.3. The molecular weight excluding hydrogens is 384 g/mol. The number of aromatic nitrogens is 2. The molecule has 0 saturated carbocycles. The van der Waals surface area contributed by atoms with Gasteiger partial charge in [0, 0.05) is 0 Å². The summed E-state index contributed by atoms with van der Waals surface area (Å²) in [6.45, 7) is 7.41. The lowest BCUT2D eigenvalue weighted by Gasteiger charge is -2.34. The van der Waals surface area contributed by atoms with Gasteiger partial charge in [0.15, 0.2) is 6.67 Å². The molecule has 1 fully saturated rings. The highest BCUT2D eigenvalue weighted by Crippen LogP contribution is 2.27. The number of benzene rings is 2. The third kappa shape index (κ3) is 4.86. The summed E-state index contributed by atoms with van der Waals surface area (Å²) in [4.78, 5) is 4.30. The lowest BCUT2D eigenvalue weighted by molar-refractivity contribution is -0.924. The number of nitrogens with zero attached hydrogens (tertiary/aromatic N) is 3. The molecule has 0 amide bonds. The first kappa shape index (κ1) is 19.7. The Hall–Kier alpha value is -2.64. The van der Waals surface area contributed by atoms with E-state index in [4.69, 9.17) is 21.4 Å². The van der Waals surface area contributed by atoms with Gasteiger partial charge in [-0.15, -0.1) is 5.10 Å². The van der Waals surface area contributed by atoms with Gasteiger partial charge in [-0.3, -0.25) is 0 Å². The van der Waals surface area contributed by atoms with E-state index in [9.17, 15) is 0 Å². The van der Waals surface area contributed by atoms with Crippen LogP contribution in [0.4, 0.5) is 5.69 Å². The van der Waals surface area contributed by atoms with Gasteiger partial charge in [-0.1, -0.05) is 42.5 Å². The Kier molecular flexibility index (Phi) is 6.27. The van der Waals surface area contributed by atoms with Gasteiger partial charge < -0.3 is 19.0 Å². The molecule has 2 aromatic carbocycles. The van der Waals surface area contributed by atoms with E-state index < -0.39 is 0 Å². The summed E-state index contributed by atoms with van der Waals surface area (Å²) >= 11 is 5.40. The molecule has 29 heavy (non-hydrogen) atoms. The fourth-order valence-electron chi connectivity index (χ4n) is 3.72. The molecular formula is C22H27N4O2S+. The van der Waals surface area contributed by atoms with Crippen LogP contribution in [0.25, 0.3) is 0 Å². The molecule has 2 heterocycles. The zero-order chi connectivity index (χ0) is 20.1. The van der Waals surface area contributed by atoms with Gasteiger partial charge in [-0.05, 0) is 36.8 Å². The molecule has 1 aliphatic heterocycles. The Morgan fingerprint density at radius 1 is 1.07 bits per heavy atom. The van der Waals surface area contributed by atoms with Crippen molar-refractivity contribution >= 4 is 17.9 Å². The van der Waals surface area contributed by atoms with E-state index in [-0.39, 0.29) is 0 Å². The average Bonchev–Trinajstić information content (AvgIpc) is 3.09. The monoisotopic (exact) mass is 411 g/mol. The summed E-state index contributed by atoms with van der Waals surface area (Å²) in [5.74, 6) is 1.63. The van der Waals surface area contributed by atoms with Gasteiger partial charge in [0.25, 0.3) is 4.84 Å². The van der Waals surface area contributed by atoms with Crippen LogP contribution in [0.3, 0.4) is 0 Å². The number of ether oxygens (including phenoxy) is 1. The predicted octanol–water partition coefficient (Wildman–Crippen LogP) is 2.56. The highest BCUT2D eigenvalue weighted by atomic mass is 32.1. The SMILES string of the molecule is CCOc1ccccc1N1CC[NH+](Cn2nc(Cc3ccccc3)oc2=S)CC1. The molecule has 1 aromatic heterocycles. The van der Waals surface area contributed by atoms with Crippen LogP contribution >= 0.6 is 12.2 Å². The fourth-order valence-corrected chi connectivity index (χ4v) is 3.92. The number of para-hydroxylation sites is 2. The number of piperazine rings is 1. The first-order valence-electron chi connectivity index (χ1n) is 10.1. The molecule has 7 heteroatoms. The summed E-state index contributed by atoms with van der Waals surface area (Å²) in [7, 11) is 0. The standard InChI is InChI=1S/C22H26N4O2S/c1-2-27-20-11-7-6-10-19(20)25-14-12-24(13-15-25)17-26-22(29)28-21(23-26)16-18-8-4-3-5-9-18/h3-11H,2,12-17H2,1H3/p+1. The van der Waals surface area contributed by atoms with Gasteiger partial charge >= 0.3 is 0 Å². The Morgan fingerprint density at radius 3 is 2.55 bits per heavy atom. The van der Waals surface area contributed by atoms with E-state index >= 15 is 0 Å². The molecule has 6 nitrogen and oxygen atoms in total. The van der Waals surface area contributed by atoms with E-state index in [1.54, 1.807) is 0 Å². The van der Waals surface area contributed by atoms with E-state index in [1.807, 2.05) is 41.9 Å². The molecule has 1 saturated heterocycles. The first-order valence-corrected chi connectivity index (χ1v) is 10.5. The van der Waals surface area contributed by atoms with Crippen LogP contribution in [-0.4, -0.2) is 42.6 Å². The number of hydrogen-bond donors (Lipinski definition) is 1. The molecule has 0 atom stereocenters. The summed E-state index contributed by atoms with van der Waals surface area (Å²) in [5, 5.41) is 4.61. The number of nitrogens with one attached hydrogen (secondary N) is 1. The molecule has 1 aliphatic rings. The minimum atomic E-state index is 0.451. The van der Waals surface area contributed by atoms with Crippen molar-refractivity contribution in [1.82, 2.24) is 9.78 Å². The maximum absolute atomic E-state index is 5.79. The molecule has 0 unspecified atom stereocenters. The van der Waals surface area contributed by atoms with Crippen LogP contribution < -0.4 is 14.5 Å². The van der Waals surface area contributed by atoms with Crippen molar-refractivity contribution in [2.45, 2.75) is 20.0 Å². The topological polar surface area (TPSA) is 47.9 Å². The molecule has 3 aromatic rings. The Morgan fingerprint density at radius 2 is 1.79 bits per heavy atom. The van der Waals surface area contributed by atoms with Crippen LogP contribution in [0.2, 0.25) is 0 Å². The molecule has 0 spiro atoms. The summed E-state index contributed by atoms with van der Waals surface area (Å²) in [6, 6.07) is 18.5. The predicted molar refractivity (Wildman–Crippen MR) is 115 cm³/mol. The number of anilines is 1. The smallest absolute Gasteiger partial charge is 0.291 e. The lowest BCUT2D eigenvalue weighted by atomic mass is 10.2.